The van der Waals surface area contributed by atoms with Crippen LogP contribution in [0.25, 0.3) is 0 Å². The van der Waals surface area contributed by atoms with Gasteiger partial charge in [-0.25, -0.2) is 18.7 Å². The van der Waals surface area contributed by atoms with Crippen LogP contribution in [0.3, 0.4) is 0 Å². The van der Waals surface area contributed by atoms with Crippen molar-refractivity contribution in [3.05, 3.63) is 46.3 Å². The second-order valence-corrected chi connectivity index (χ2v) is 6.37. The first-order valence-corrected chi connectivity index (χ1v) is 8.32. The van der Waals surface area contributed by atoms with Crippen molar-refractivity contribution in [3.8, 4) is 0 Å². The predicted octanol–water partition coefficient (Wildman–Crippen LogP) is 1.04. The third-order valence-corrected chi connectivity index (χ3v) is 3.93. The van der Waals surface area contributed by atoms with Crippen molar-refractivity contribution in [2.24, 2.45) is 10.7 Å². The number of nitrogens with two attached hydrogens (primary N) is 1. The van der Waals surface area contributed by atoms with Gasteiger partial charge in [-0.2, -0.15) is 0 Å². The van der Waals surface area contributed by atoms with Gasteiger partial charge in [0.1, 0.15) is 11.5 Å². The number of aromatic nitrogens is 6. The standard InChI is InChI=1S/C15H17ClFN9O/c1-25(2)6-5-13-20-23-24-26(13)8-12-14(22-27-21-12)15(18)19-9-3-4-11(17)10(16)7-9/h3-4,7H,5-6,8H2,1-2H3,(H2,18,19). The van der Waals surface area contributed by atoms with Gasteiger partial charge in [-0.3, -0.25) is 0 Å². The van der Waals surface area contributed by atoms with Crippen molar-refractivity contribution in [2.45, 2.75) is 13.0 Å². The predicted molar refractivity (Wildman–Crippen MR) is 95.3 cm³/mol. The van der Waals surface area contributed by atoms with Gasteiger partial charge in [0, 0.05) is 13.0 Å². The Hall–Kier alpha value is -2.92. The monoisotopic (exact) mass is 393 g/mol. The zero-order valence-corrected chi connectivity index (χ0v) is 15.4. The van der Waals surface area contributed by atoms with Crippen LogP contribution in [0.4, 0.5) is 10.1 Å². The van der Waals surface area contributed by atoms with Crippen LogP contribution in [-0.4, -0.2) is 61.9 Å². The number of rotatable bonds is 7. The van der Waals surface area contributed by atoms with Gasteiger partial charge in [-0.05, 0) is 47.9 Å². The van der Waals surface area contributed by atoms with Crippen LogP contribution in [0.15, 0.2) is 27.8 Å². The van der Waals surface area contributed by atoms with Gasteiger partial charge in [-0.1, -0.05) is 16.8 Å². The smallest absolute Gasteiger partial charge is 0.174 e. The van der Waals surface area contributed by atoms with Gasteiger partial charge < -0.3 is 10.6 Å². The second kappa shape index (κ2) is 8.18. The van der Waals surface area contributed by atoms with Gasteiger partial charge >= 0.3 is 0 Å². The van der Waals surface area contributed by atoms with E-state index in [1.165, 1.54) is 18.2 Å². The molecule has 0 aliphatic heterocycles. The Morgan fingerprint density at radius 3 is 2.93 bits per heavy atom. The molecule has 2 N–H and O–H groups in total. The maximum Gasteiger partial charge on any atom is 0.174 e. The number of halogens is 2. The average molecular weight is 394 g/mol. The zero-order chi connectivity index (χ0) is 19.4. The maximum absolute atomic E-state index is 13.3. The molecule has 0 amide bonds. The molecule has 3 aromatic rings. The molecule has 1 aromatic carbocycles. The highest BCUT2D eigenvalue weighted by Crippen LogP contribution is 2.22. The highest BCUT2D eigenvalue weighted by molar-refractivity contribution is 6.31. The quantitative estimate of drug-likeness (QED) is 0.466. The molecular formula is C15H17ClFN9O. The molecular weight excluding hydrogens is 377 g/mol. The largest absolute Gasteiger partial charge is 0.382 e. The van der Waals surface area contributed by atoms with Gasteiger partial charge in [0.15, 0.2) is 17.4 Å². The number of benzene rings is 1. The molecule has 0 saturated carbocycles. The van der Waals surface area contributed by atoms with Crippen LogP contribution in [0, 0.1) is 5.82 Å². The Balaban J connectivity index is 1.81. The molecule has 0 saturated heterocycles. The van der Waals surface area contributed by atoms with Gasteiger partial charge in [0.25, 0.3) is 0 Å². The van der Waals surface area contributed by atoms with Gasteiger partial charge in [-0.15, -0.1) is 5.10 Å². The van der Waals surface area contributed by atoms with Crippen LogP contribution in [0.2, 0.25) is 5.02 Å². The van der Waals surface area contributed by atoms with Crippen molar-refractivity contribution in [1.82, 2.24) is 35.4 Å². The van der Waals surface area contributed by atoms with Crippen LogP contribution >= 0.6 is 11.6 Å². The van der Waals surface area contributed by atoms with E-state index < -0.39 is 5.82 Å². The normalized spacial score (nSPS) is 12.1. The highest BCUT2D eigenvalue weighted by atomic mass is 35.5. The van der Waals surface area contributed by atoms with Crippen molar-refractivity contribution in [3.63, 3.8) is 0 Å². The van der Waals surface area contributed by atoms with E-state index >= 15 is 0 Å². The number of nitrogens with zero attached hydrogens (tertiary/aromatic N) is 8. The summed E-state index contributed by atoms with van der Waals surface area (Å²) in [5, 5.41) is 19.3. The third kappa shape index (κ3) is 4.63. The van der Waals surface area contributed by atoms with E-state index in [1.54, 1.807) is 4.68 Å². The summed E-state index contributed by atoms with van der Waals surface area (Å²) < 4.78 is 19.7. The van der Waals surface area contributed by atoms with Crippen LogP contribution < -0.4 is 5.73 Å². The summed E-state index contributed by atoms with van der Waals surface area (Å²) in [5.74, 6) is 0.206. The van der Waals surface area contributed by atoms with E-state index in [2.05, 4.69) is 30.8 Å². The van der Waals surface area contributed by atoms with E-state index in [1.807, 2.05) is 19.0 Å². The zero-order valence-electron chi connectivity index (χ0n) is 14.7. The lowest BCUT2D eigenvalue weighted by molar-refractivity contribution is 0.301. The molecule has 0 unspecified atom stereocenters. The SMILES string of the molecule is CN(C)CCc1nnnn1Cc1nonc1C(N)=Nc1ccc(F)c(Cl)c1. The molecule has 0 aliphatic rings. The fraction of sp³-hybridized carbons (Fsp3) is 0.333. The molecule has 0 atom stereocenters. The Morgan fingerprint density at radius 1 is 1.37 bits per heavy atom. The van der Waals surface area contributed by atoms with E-state index in [9.17, 15) is 4.39 Å². The molecule has 0 fully saturated rings. The van der Waals surface area contributed by atoms with Crippen LogP contribution in [0.5, 0.6) is 0 Å². The molecule has 142 valence electrons. The second-order valence-electron chi connectivity index (χ2n) is 5.96. The summed E-state index contributed by atoms with van der Waals surface area (Å²) in [6.45, 7) is 1.01. The number of aliphatic imine (C=N–C) groups is 1. The lowest BCUT2D eigenvalue weighted by Gasteiger charge is -2.08. The van der Waals surface area contributed by atoms with E-state index in [0.29, 0.717) is 23.6 Å². The van der Waals surface area contributed by atoms with E-state index in [0.717, 1.165) is 6.54 Å². The van der Waals surface area contributed by atoms with Crippen molar-refractivity contribution in [2.75, 3.05) is 20.6 Å². The number of hydrogen-bond acceptors (Lipinski definition) is 8. The van der Waals surface area contributed by atoms with Gasteiger partial charge in [0.2, 0.25) is 0 Å². The third-order valence-electron chi connectivity index (χ3n) is 3.64. The van der Waals surface area contributed by atoms with Crippen LogP contribution in [0.1, 0.15) is 17.2 Å². The summed E-state index contributed by atoms with van der Waals surface area (Å²) >= 11 is 5.76. The molecule has 2 aromatic heterocycles. The minimum Gasteiger partial charge on any atom is -0.382 e. The topological polar surface area (TPSA) is 124 Å². The van der Waals surface area contributed by atoms with Crippen molar-refractivity contribution >= 4 is 23.1 Å². The van der Waals surface area contributed by atoms with Crippen molar-refractivity contribution in [1.29, 1.82) is 0 Å². The number of tetrazole rings is 1. The summed E-state index contributed by atoms with van der Waals surface area (Å²) in [6.07, 6.45) is 0.665. The molecule has 12 heteroatoms. The lowest BCUT2D eigenvalue weighted by atomic mass is 10.2. The fourth-order valence-corrected chi connectivity index (χ4v) is 2.42. The Kier molecular flexibility index (Phi) is 5.72. The molecule has 0 spiro atoms. The first kappa shape index (κ1) is 18.9. The summed E-state index contributed by atoms with van der Waals surface area (Å²) in [6, 6.07) is 4.01. The van der Waals surface area contributed by atoms with Crippen LogP contribution in [-0.2, 0) is 13.0 Å². The van der Waals surface area contributed by atoms with Gasteiger partial charge in [0.05, 0.1) is 17.3 Å². The number of amidine groups is 1. The first-order valence-electron chi connectivity index (χ1n) is 7.95. The summed E-state index contributed by atoms with van der Waals surface area (Å²) in [4.78, 5) is 6.22. The molecule has 0 bridgehead atoms. The fourth-order valence-electron chi connectivity index (χ4n) is 2.24. The summed E-state index contributed by atoms with van der Waals surface area (Å²) in [7, 11) is 3.93. The highest BCUT2D eigenvalue weighted by Gasteiger charge is 2.17. The maximum atomic E-state index is 13.3. The molecule has 0 radical (unpaired) electrons. The Morgan fingerprint density at radius 2 is 2.19 bits per heavy atom. The molecule has 0 aliphatic carbocycles. The Bertz CT molecular complexity index is 952. The number of hydrogen-bond donors (Lipinski definition) is 1. The minimum absolute atomic E-state index is 0.0526. The minimum atomic E-state index is -0.540. The summed E-state index contributed by atoms with van der Waals surface area (Å²) in [5.41, 5.74) is 7.06. The lowest BCUT2D eigenvalue weighted by Crippen LogP contribution is -2.20. The molecule has 27 heavy (non-hydrogen) atoms. The molecule has 2 heterocycles. The number of likely N-dealkylation sites (N-methyl/N-ethyl adjacent to an activating group) is 1. The molecule has 3 rings (SSSR count). The molecule has 10 nitrogen and oxygen atoms in total. The first-order chi connectivity index (χ1) is 12.9. The van der Waals surface area contributed by atoms with E-state index in [4.69, 9.17) is 22.0 Å². The average Bonchev–Trinajstić information content (AvgIpc) is 3.26. The van der Waals surface area contributed by atoms with Crippen molar-refractivity contribution < 1.29 is 9.02 Å². The van der Waals surface area contributed by atoms with E-state index in [-0.39, 0.29) is 23.1 Å². The Labute approximate surface area is 158 Å².